The third-order valence-corrected chi connectivity index (χ3v) is 5.14. The van der Waals surface area contributed by atoms with Gasteiger partial charge in [0, 0.05) is 18.8 Å². The van der Waals surface area contributed by atoms with Crippen LogP contribution in [0.15, 0.2) is 72.8 Å². The molecule has 1 aliphatic heterocycles. The average molecular weight is 344 g/mol. The smallest absolute Gasteiger partial charge is 0.228 e. The van der Waals surface area contributed by atoms with E-state index in [0.29, 0.717) is 0 Å². The van der Waals surface area contributed by atoms with E-state index < -0.39 is 0 Å². The predicted octanol–water partition coefficient (Wildman–Crippen LogP) is 4.69. The Balaban J connectivity index is 1.40. The molecule has 0 aliphatic carbocycles. The molecule has 1 unspecified atom stereocenters. The second kappa shape index (κ2) is 7.71. The Morgan fingerprint density at radius 2 is 1.73 bits per heavy atom. The van der Waals surface area contributed by atoms with Gasteiger partial charge in [0.15, 0.2) is 0 Å². The van der Waals surface area contributed by atoms with Crippen LogP contribution >= 0.6 is 0 Å². The molecule has 3 nitrogen and oxygen atoms in total. The largest absolute Gasteiger partial charge is 0.326 e. The molecule has 1 saturated heterocycles. The molecule has 3 aromatic rings. The van der Waals surface area contributed by atoms with Crippen LogP contribution in [0.1, 0.15) is 18.4 Å². The van der Waals surface area contributed by atoms with Crippen LogP contribution < -0.4 is 5.32 Å². The van der Waals surface area contributed by atoms with Crippen LogP contribution in [-0.4, -0.2) is 23.9 Å². The molecule has 1 heterocycles. The van der Waals surface area contributed by atoms with Crippen molar-refractivity contribution in [1.82, 2.24) is 4.90 Å². The molecule has 0 bridgehead atoms. The zero-order chi connectivity index (χ0) is 17.8. The van der Waals surface area contributed by atoms with Crippen LogP contribution in [0.4, 0.5) is 5.69 Å². The number of hydrogen-bond acceptors (Lipinski definition) is 2. The van der Waals surface area contributed by atoms with Crippen molar-refractivity contribution in [3.05, 3.63) is 78.4 Å². The minimum absolute atomic E-state index is 0.0546. The first-order valence-electron chi connectivity index (χ1n) is 9.34. The maximum Gasteiger partial charge on any atom is 0.228 e. The molecule has 0 aromatic heterocycles. The topological polar surface area (TPSA) is 32.3 Å². The van der Waals surface area contributed by atoms with E-state index in [4.69, 9.17) is 0 Å². The van der Waals surface area contributed by atoms with Gasteiger partial charge in [-0.05, 0) is 47.9 Å². The average Bonchev–Trinajstić information content (AvgIpc) is 2.69. The Kier molecular flexibility index (Phi) is 4.98. The van der Waals surface area contributed by atoms with Crippen molar-refractivity contribution in [2.75, 3.05) is 18.4 Å². The maximum absolute atomic E-state index is 12.8. The summed E-state index contributed by atoms with van der Waals surface area (Å²) < 4.78 is 0. The molecular formula is C23H24N2O. The molecule has 26 heavy (non-hydrogen) atoms. The summed E-state index contributed by atoms with van der Waals surface area (Å²) in [6.07, 6.45) is 2.04. The lowest BCUT2D eigenvalue weighted by Gasteiger charge is -2.32. The summed E-state index contributed by atoms with van der Waals surface area (Å²) in [5, 5.41) is 5.47. The van der Waals surface area contributed by atoms with E-state index in [-0.39, 0.29) is 11.8 Å². The Bertz CT molecular complexity index is 891. The summed E-state index contributed by atoms with van der Waals surface area (Å²) in [6.45, 7) is 2.81. The first kappa shape index (κ1) is 16.8. The van der Waals surface area contributed by atoms with Gasteiger partial charge >= 0.3 is 0 Å². The van der Waals surface area contributed by atoms with Gasteiger partial charge in [-0.2, -0.15) is 0 Å². The number of nitrogens with zero attached hydrogens (tertiary/aromatic N) is 1. The van der Waals surface area contributed by atoms with E-state index in [9.17, 15) is 4.79 Å². The van der Waals surface area contributed by atoms with Crippen molar-refractivity contribution in [2.45, 2.75) is 19.4 Å². The van der Waals surface area contributed by atoms with Gasteiger partial charge in [0.2, 0.25) is 5.91 Å². The number of piperidine rings is 1. The third kappa shape index (κ3) is 3.94. The molecule has 1 amide bonds. The predicted molar refractivity (Wildman–Crippen MR) is 107 cm³/mol. The van der Waals surface area contributed by atoms with Crippen LogP contribution in [0.5, 0.6) is 0 Å². The molecular weight excluding hydrogens is 320 g/mol. The monoisotopic (exact) mass is 344 g/mol. The Labute approximate surface area is 154 Å². The minimum atomic E-state index is 0.0546. The lowest BCUT2D eigenvalue weighted by molar-refractivity contribution is -0.121. The minimum Gasteiger partial charge on any atom is -0.326 e. The van der Waals surface area contributed by atoms with Crippen LogP contribution in [-0.2, 0) is 11.3 Å². The van der Waals surface area contributed by atoms with Crippen LogP contribution in [0.2, 0.25) is 0 Å². The van der Waals surface area contributed by atoms with Crippen molar-refractivity contribution in [2.24, 2.45) is 5.92 Å². The molecule has 3 heteroatoms. The Morgan fingerprint density at radius 3 is 2.58 bits per heavy atom. The fourth-order valence-electron chi connectivity index (χ4n) is 3.77. The van der Waals surface area contributed by atoms with Crippen molar-refractivity contribution in [3.8, 4) is 0 Å². The summed E-state index contributed by atoms with van der Waals surface area (Å²) in [5.74, 6) is 0.192. The molecule has 1 atom stereocenters. The Morgan fingerprint density at radius 1 is 0.962 bits per heavy atom. The highest BCUT2D eigenvalue weighted by Gasteiger charge is 2.25. The number of fused-ring (bicyclic) bond motifs is 1. The van der Waals surface area contributed by atoms with Crippen LogP contribution in [0.25, 0.3) is 10.8 Å². The third-order valence-electron chi connectivity index (χ3n) is 5.14. The highest BCUT2D eigenvalue weighted by atomic mass is 16.1. The van der Waals surface area contributed by atoms with Gasteiger partial charge in [0.25, 0.3) is 0 Å². The van der Waals surface area contributed by atoms with Gasteiger partial charge in [0.05, 0.1) is 5.92 Å². The number of likely N-dealkylation sites (tertiary alicyclic amines) is 1. The molecule has 0 saturated carbocycles. The molecule has 1 aliphatic rings. The SMILES string of the molecule is O=C(Nc1ccc2ccccc2c1)C1CCCN(Cc2ccccc2)C1. The maximum atomic E-state index is 12.8. The van der Waals surface area contributed by atoms with Gasteiger partial charge in [-0.3, -0.25) is 9.69 Å². The van der Waals surface area contributed by atoms with Crippen molar-refractivity contribution in [1.29, 1.82) is 0 Å². The summed E-state index contributed by atoms with van der Waals surface area (Å²) >= 11 is 0. The van der Waals surface area contributed by atoms with Gasteiger partial charge in [-0.1, -0.05) is 60.7 Å². The molecule has 1 fully saturated rings. The zero-order valence-electron chi connectivity index (χ0n) is 14.9. The number of hydrogen-bond donors (Lipinski definition) is 1. The van der Waals surface area contributed by atoms with Crippen molar-refractivity contribution < 1.29 is 4.79 Å². The zero-order valence-corrected chi connectivity index (χ0v) is 14.9. The summed E-state index contributed by atoms with van der Waals surface area (Å²) in [6, 6.07) is 24.8. The van der Waals surface area contributed by atoms with Gasteiger partial charge in [0.1, 0.15) is 0 Å². The van der Waals surface area contributed by atoms with Crippen LogP contribution in [0.3, 0.4) is 0 Å². The van der Waals surface area contributed by atoms with E-state index in [1.807, 2.05) is 24.3 Å². The van der Waals surface area contributed by atoms with Crippen molar-refractivity contribution >= 4 is 22.4 Å². The molecule has 4 rings (SSSR count). The standard InChI is InChI=1S/C23H24N2O/c26-23(24-22-13-12-19-9-4-5-10-20(19)15-22)21-11-6-14-25(17-21)16-18-7-2-1-3-8-18/h1-5,7-10,12-13,15,21H,6,11,14,16-17H2,(H,24,26). The summed E-state index contributed by atoms with van der Waals surface area (Å²) in [7, 11) is 0. The number of rotatable bonds is 4. The van der Waals surface area contributed by atoms with E-state index >= 15 is 0 Å². The van der Waals surface area contributed by atoms with Crippen molar-refractivity contribution in [3.63, 3.8) is 0 Å². The second-order valence-corrected chi connectivity index (χ2v) is 7.11. The fraction of sp³-hybridized carbons (Fsp3) is 0.261. The summed E-state index contributed by atoms with van der Waals surface area (Å²) in [5.41, 5.74) is 2.19. The highest BCUT2D eigenvalue weighted by Crippen LogP contribution is 2.23. The Hall–Kier alpha value is -2.65. The fourth-order valence-corrected chi connectivity index (χ4v) is 3.77. The van der Waals surface area contributed by atoms with E-state index in [0.717, 1.165) is 43.5 Å². The molecule has 3 aromatic carbocycles. The van der Waals surface area contributed by atoms with E-state index in [1.54, 1.807) is 0 Å². The van der Waals surface area contributed by atoms with E-state index in [2.05, 4.69) is 58.7 Å². The number of carbonyl (C=O) groups is 1. The second-order valence-electron chi connectivity index (χ2n) is 7.11. The first-order valence-corrected chi connectivity index (χ1v) is 9.34. The highest BCUT2D eigenvalue weighted by molar-refractivity contribution is 5.95. The lowest BCUT2D eigenvalue weighted by atomic mass is 9.96. The van der Waals surface area contributed by atoms with Gasteiger partial charge in [-0.25, -0.2) is 0 Å². The first-order chi connectivity index (χ1) is 12.8. The molecule has 0 spiro atoms. The van der Waals surface area contributed by atoms with E-state index in [1.165, 1.54) is 10.9 Å². The number of nitrogens with one attached hydrogen (secondary N) is 1. The van der Waals surface area contributed by atoms with Gasteiger partial charge < -0.3 is 5.32 Å². The lowest BCUT2D eigenvalue weighted by Crippen LogP contribution is -2.40. The normalized spacial score (nSPS) is 17.9. The molecule has 1 N–H and O–H groups in total. The summed E-state index contributed by atoms with van der Waals surface area (Å²) in [4.78, 5) is 15.2. The number of carbonyl (C=O) groups excluding carboxylic acids is 1. The number of amides is 1. The number of benzene rings is 3. The van der Waals surface area contributed by atoms with Crippen LogP contribution in [0, 0.1) is 5.92 Å². The van der Waals surface area contributed by atoms with Gasteiger partial charge in [-0.15, -0.1) is 0 Å². The number of anilines is 1. The molecule has 0 radical (unpaired) electrons. The molecule has 132 valence electrons. The quantitative estimate of drug-likeness (QED) is 0.744.